The molecule has 0 bridgehead atoms. The fourth-order valence-electron chi connectivity index (χ4n) is 5.96. The van der Waals surface area contributed by atoms with E-state index in [1.54, 1.807) is 6.08 Å². The topological polar surface area (TPSA) is 35.5 Å². The number of carbonyl (C=O) groups excluding carboxylic acids is 1. The molecule has 0 amide bonds. The largest absolute Gasteiger partial charge is 0.489 e. The summed E-state index contributed by atoms with van der Waals surface area (Å²) in [5, 5.41) is 0. The summed E-state index contributed by atoms with van der Waals surface area (Å²) in [5.74, 6) is 0.359. The Kier molecular flexibility index (Phi) is 8.95. The second-order valence-corrected chi connectivity index (χ2v) is 10.2. The van der Waals surface area contributed by atoms with Crippen molar-refractivity contribution < 1.29 is 23.0 Å². The summed E-state index contributed by atoms with van der Waals surface area (Å²) < 4.78 is 39.7. The molecule has 0 aliphatic heterocycles. The number of esters is 1. The summed E-state index contributed by atoms with van der Waals surface area (Å²) >= 11 is 0. The number of ether oxygens (including phenoxy) is 2. The van der Waals surface area contributed by atoms with Crippen LogP contribution in [0.15, 0.2) is 61.2 Å². The Hall–Kier alpha value is -2.95. The van der Waals surface area contributed by atoms with Gasteiger partial charge in [-0.05, 0) is 105 Å². The lowest BCUT2D eigenvalue weighted by atomic mass is 9.63. The van der Waals surface area contributed by atoms with Crippen LogP contribution >= 0.6 is 0 Å². The van der Waals surface area contributed by atoms with Gasteiger partial charge in [0, 0.05) is 6.07 Å². The highest BCUT2D eigenvalue weighted by molar-refractivity contribution is 5.91. The number of rotatable bonds is 9. The zero-order chi connectivity index (χ0) is 25.5. The quantitative estimate of drug-likeness (QED) is 0.199. The van der Waals surface area contributed by atoms with Gasteiger partial charge in [-0.25, -0.2) is 13.6 Å². The summed E-state index contributed by atoms with van der Waals surface area (Å²) in [5.41, 5.74) is 0.744. The molecule has 2 aliphatic carbocycles. The van der Waals surface area contributed by atoms with Crippen molar-refractivity contribution in [3.05, 3.63) is 84.0 Å². The molecule has 36 heavy (non-hydrogen) atoms. The van der Waals surface area contributed by atoms with Crippen LogP contribution < -0.4 is 9.47 Å². The zero-order valence-corrected chi connectivity index (χ0v) is 21.1. The minimum Gasteiger partial charge on any atom is -0.489 e. The van der Waals surface area contributed by atoms with E-state index in [2.05, 4.69) is 25.7 Å². The van der Waals surface area contributed by atoms with Crippen LogP contribution in [0.4, 0.5) is 8.78 Å². The fraction of sp³-hybridized carbons (Fsp3) is 0.452. The first-order valence-electron chi connectivity index (χ1n) is 13.1. The standard InChI is InChI=1S/C31H36F2O3/c1-3-5-6-7-21-8-9-23-18-24(11-10-22(23)17-21)25-12-14-27(28(32)19-25)31(34)36-30-15-13-26(20-29(30)33)35-16-4-2/h3-5,12-15,19-24H,2,6-11,16-18H2,1H3/b5-3+. The second-order valence-electron chi connectivity index (χ2n) is 10.2. The lowest BCUT2D eigenvalue weighted by Gasteiger charge is -2.42. The van der Waals surface area contributed by atoms with Gasteiger partial charge in [-0.3, -0.25) is 0 Å². The molecule has 0 aromatic heterocycles. The Labute approximate surface area is 213 Å². The van der Waals surface area contributed by atoms with Gasteiger partial charge in [0.05, 0.1) is 5.56 Å². The van der Waals surface area contributed by atoms with Crippen molar-refractivity contribution >= 4 is 5.97 Å². The van der Waals surface area contributed by atoms with E-state index in [1.165, 1.54) is 62.8 Å². The molecule has 192 valence electrons. The van der Waals surface area contributed by atoms with E-state index in [0.29, 0.717) is 17.6 Å². The summed E-state index contributed by atoms with van der Waals surface area (Å²) in [7, 11) is 0. The Morgan fingerprint density at radius 3 is 2.58 bits per heavy atom. The molecule has 4 atom stereocenters. The maximum Gasteiger partial charge on any atom is 0.346 e. The van der Waals surface area contributed by atoms with Crippen LogP contribution in [-0.4, -0.2) is 12.6 Å². The zero-order valence-electron chi connectivity index (χ0n) is 21.1. The van der Waals surface area contributed by atoms with Gasteiger partial charge in [-0.15, -0.1) is 0 Å². The van der Waals surface area contributed by atoms with E-state index in [1.807, 2.05) is 6.07 Å². The average molecular weight is 495 g/mol. The molecule has 2 aliphatic rings. The summed E-state index contributed by atoms with van der Waals surface area (Å²) in [4.78, 5) is 12.6. The summed E-state index contributed by atoms with van der Waals surface area (Å²) in [6.45, 7) is 5.85. The van der Waals surface area contributed by atoms with Gasteiger partial charge >= 0.3 is 5.97 Å². The third-order valence-corrected chi connectivity index (χ3v) is 7.86. The molecular formula is C31H36F2O3. The molecule has 2 fully saturated rings. The molecule has 4 unspecified atom stereocenters. The number of halogens is 2. The van der Waals surface area contributed by atoms with Crippen molar-refractivity contribution in [2.24, 2.45) is 17.8 Å². The first kappa shape index (κ1) is 26.1. The van der Waals surface area contributed by atoms with Crippen LogP contribution in [0, 0.1) is 29.4 Å². The van der Waals surface area contributed by atoms with Crippen LogP contribution in [-0.2, 0) is 0 Å². The van der Waals surface area contributed by atoms with E-state index in [4.69, 9.17) is 9.47 Å². The monoisotopic (exact) mass is 494 g/mol. The summed E-state index contributed by atoms with van der Waals surface area (Å²) in [6, 6.07) is 8.67. The molecular weight excluding hydrogens is 458 g/mol. The van der Waals surface area contributed by atoms with Gasteiger partial charge in [-0.2, -0.15) is 0 Å². The molecule has 3 nitrogen and oxygen atoms in total. The molecule has 0 radical (unpaired) electrons. The van der Waals surface area contributed by atoms with Gasteiger partial charge < -0.3 is 9.47 Å². The van der Waals surface area contributed by atoms with Gasteiger partial charge in [0.1, 0.15) is 18.2 Å². The molecule has 0 heterocycles. The van der Waals surface area contributed by atoms with E-state index < -0.39 is 17.6 Å². The molecule has 0 N–H and O–H groups in total. The van der Waals surface area contributed by atoms with Crippen molar-refractivity contribution in [1.29, 1.82) is 0 Å². The number of allylic oxidation sites excluding steroid dienone is 2. The molecule has 4 rings (SSSR count). The minimum absolute atomic E-state index is 0.194. The van der Waals surface area contributed by atoms with Gasteiger partial charge in [0.25, 0.3) is 0 Å². The summed E-state index contributed by atoms with van der Waals surface area (Å²) in [6.07, 6.45) is 15.6. The Balaban J connectivity index is 1.35. The van der Waals surface area contributed by atoms with Crippen LogP contribution in [0.3, 0.4) is 0 Å². The van der Waals surface area contributed by atoms with Crippen LogP contribution in [0.1, 0.15) is 80.1 Å². The molecule has 0 spiro atoms. The Bertz CT molecular complexity index is 1090. The lowest BCUT2D eigenvalue weighted by molar-refractivity contribution is 0.0722. The van der Waals surface area contributed by atoms with Crippen molar-refractivity contribution in [2.45, 2.75) is 64.2 Å². The highest BCUT2D eigenvalue weighted by Crippen LogP contribution is 2.48. The number of hydrogen-bond donors (Lipinski definition) is 0. The normalized spacial score (nSPS) is 23.8. The van der Waals surface area contributed by atoms with Gasteiger partial charge in [0.2, 0.25) is 0 Å². The molecule has 2 aromatic carbocycles. The van der Waals surface area contributed by atoms with Gasteiger partial charge in [0.15, 0.2) is 11.6 Å². The van der Waals surface area contributed by atoms with E-state index >= 15 is 0 Å². The van der Waals surface area contributed by atoms with Crippen molar-refractivity contribution in [3.63, 3.8) is 0 Å². The van der Waals surface area contributed by atoms with Crippen molar-refractivity contribution in [1.82, 2.24) is 0 Å². The van der Waals surface area contributed by atoms with E-state index in [0.717, 1.165) is 36.3 Å². The van der Waals surface area contributed by atoms with Crippen molar-refractivity contribution in [2.75, 3.05) is 6.61 Å². The minimum atomic E-state index is -0.919. The molecule has 2 aromatic rings. The van der Waals surface area contributed by atoms with E-state index in [-0.39, 0.29) is 17.9 Å². The predicted molar refractivity (Wildman–Crippen MR) is 138 cm³/mol. The van der Waals surface area contributed by atoms with Gasteiger partial charge in [-0.1, -0.05) is 37.3 Å². The number of benzene rings is 2. The highest BCUT2D eigenvalue weighted by atomic mass is 19.1. The molecule has 5 heteroatoms. The van der Waals surface area contributed by atoms with E-state index in [9.17, 15) is 13.6 Å². The third kappa shape index (κ3) is 6.43. The smallest absolute Gasteiger partial charge is 0.346 e. The molecule has 2 saturated carbocycles. The maximum absolute atomic E-state index is 15.0. The van der Waals surface area contributed by atoms with Crippen molar-refractivity contribution in [3.8, 4) is 11.5 Å². The predicted octanol–water partition coefficient (Wildman–Crippen LogP) is 8.41. The first-order valence-corrected chi connectivity index (χ1v) is 13.1. The number of fused-ring (bicyclic) bond motifs is 1. The van der Waals surface area contributed by atoms with Crippen LogP contribution in [0.5, 0.6) is 11.5 Å². The maximum atomic E-state index is 15.0. The third-order valence-electron chi connectivity index (χ3n) is 7.86. The molecule has 0 saturated heterocycles. The fourth-order valence-corrected chi connectivity index (χ4v) is 5.96. The van der Waals surface area contributed by atoms with Crippen LogP contribution in [0.25, 0.3) is 0 Å². The Morgan fingerprint density at radius 2 is 1.83 bits per heavy atom. The van der Waals surface area contributed by atoms with Crippen LogP contribution in [0.2, 0.25) is 0 Å². The average Bonchev–Trinajstić information content (AvgIpc) is 2.88. The Morgan fingerprint density at radius 1 is 1.03 bits per heavy atom. The second kappa shape index (κ2) is 12.3. The SMILES string of the molecule is C=CCOc1ccc(OC(=O)c2ccc(C3CCC4CC(CC/C=C/C)CCC4C3)cc2F)c(F)c1. The number of carbonyl (C=O) groups is 1. The number of hydrogen-bond acceptors (Lipinski definition) is 3. The lowest BCUT2D eigenvalue weighted by Crippen LogP contribution is -2.30. The first-order chi connectivity index (χ1) is 17.5. The highest BCUT2D eigenvalue weighted by Gasteiger charge is 2.36.